The first-order valence-electron chi connectivity index (χ1n) is 11.7. The van der Waals surface area contributed by atoms with Gasteiger partial charge in [-0.3, -0.25) is 0 Å². The van der Waals surface area contributed by atoms with Crippen molar-refractivity contribution in [2.24, 2.45) is 5.92 Å². The van der Waals surface area contributed by atoms with Crippen LogP contribution in [0.5, 0.6) is 11.6 Å². The molecule has 0 N–H and O–H groups in total. The molecule has 0 amide bonds. The average Bonchev–Trinajstić information content (AvgIpc) is 2.86. The van der Waals surface area contributed by atoms with Crippen molar-refractivity contribution < 1.29 is 26.3 Å². The molecule has 2 aromatic carbocycles. The zero-order valence-corrected chi connectivity index (χ0v) is 20.4. The quantitative estimate of drug-likeness (QED) is 0.489. The van der Waals surface area contributed by atoms with Gasteiger partial charge in [0.2, 0.25) is 21.9 Å². The molecule has 36 heavy (non-hydrogen) atoms. The second kappa shape index (κ2) is 9.70. The number of piperidine rings is 1. The number of anilines is 1. The van der Waals surface area contributed by atoms with Crippen LogP contribution in [0.15, 0.2) is 47.4 Å². The molecule has 0 atom stereocenters. The van der Waals surface area contributed by atoms with Crippen LogP contribution in [0, 0.1) is 23.4 Å². The largest absolute Gasteiger partial charge is 0.438 e. The molecule has 1 fully saturated rings. The molecule has 3 heterocycles. The van der Waals surface area contributed by atoms with Crippen LogP contribution in [-0.4, -0.2) is 42.3 Å². The summed E-state index contributed by atoms with van der Waals surface area (Å²) in [6.45, 7) is 3.83. The Labute approximate surface area is 207 Å². The number of rotatable bonds is 5. The van der Waals surface area contributed by atoms with E-state index in [1.165, 1.54) is 22.5 Å². The van der Waals surface area contributed by atoms with Gasteiger partial charge in [-0.1, -0.05) is 6.92 Å². The van der Waals surface area contributed by atoms with E-state index in [-0.39, 0.29) is 29.6 Å². The van der Waals surface area contributed by atoms with Crippen molar-refractivity contribution in [1.29, 1.82) is 0 Å². The van der Waals surface area contributed by atoms with Gasteiger partial charge in [-0.25, -0.2) is 26.6 Å². The summed E-state index contributed by atoms with van der Waals surface area (Å²) < 4.78 is 74.3. The van der Waals surface area contributed by atoms with Crippen molar-refractivity contribution in [3.05, 3.63) is 71.2 Å². The third-order valence-corrected chi connectivity index (χ3v) is 8.46. The summed E-state index contributed by atoms with van der Waals surface area (Å²) in [6, 6.07) is 7.78. The van der Waals surface area contributed by atoms with E-state index in [0.717, 1.165) is 50.2 Å². The summed E-state index contributed by atoms with van der Waals surface area (Å²) in [5.74, 6) is -1.42. The van der Waals surface area contributed by atoms with E-state index in [4.69, 9.17) is 9.72 Å². The van der Waals surface area contributed by atoms with Crippen molar-refractivity contribution in [2.75, 3.05) is 24.5 Å². The van der Waals surface area contributed by atoms with Crippen molar-refractivity contribution >= 4 is 16.0 Å². The van der Waals surface area contributed by atoms with Crippen LogP contribution in [0.25, 0.3) is 0 Å². The topological polar surface area (TPSA) is 75.6 Å². The Balaban J connectivity index is 1.51. The first kappa shape index (κ1) is 24.5. The maximum atomic E-state index is 13.9. The van der Waals surface area contributed by atoms with Crippen LogP contribution in [0.4, 0.5) is 19.1 Å². The van der Waals surface area contributed by atoms with Crippen molar-refractivity contribution in [3.63, 3.8) is 0 Å². The summed E-state index contributed by atoms with van der Waals surface area (Å²) in [5, 5.41) is 0. The van der Waals surface area contributed by atoms with E-state index < -0.39 is 27.5 Å². The van der Waals surface area contributed by atoms with Crippen molar-refractivity contribution in [3.8, 4) is 11.6 Å². The van der Waals surface area contributed by atoms with Crippen molar-refractivity contribution in [1.82, 2.24) is 14.3 Å². The van der Waals surface area contributed by atoms with Gasteiger partial charge in [-0.05, 0) is 55.2 Å². The molecule has 0 aliphatic carbocycles. The summed E-state index contributed by atoms with van der Waals surface area (Å²) in [4.78, 5) is 11.3. The van der Waals surface area contributed by atoms with Crippen molar-refractivity contribution in [2.45, 2.75) is 37.6 Å². The molecule has 2 aliphatic heterocycles. The molecule has 0 spiro atoms. The second-order valence-electron chi connectivity index (χ2n) is 9.14. The molecule has 7 nitrogen and oxygen atoms in total. The zero-order valence-electron chi connectivity index (χ0n) is 19.6. The number of ether oxygens (including phenoxy) is 1. The van der Waals surface area contributed by atoms with Crippen LogP contribution >= 0.6 is 0 Å². The Hall–Kier alpha value is -3.18. The SMILES string of the molecule is CC1CCN(c2nc3c(c(Oc4ccc(F)c(F)c4)n2)CN(S(=O)(=O)c2ccc(F)cc2)CC3)CC1. The van der Waals surface area contributed by atoms with Crippen LogP contribution < -0.4 is 9.64 Å². The lowest BCUT2D eigenvalue weighted by atomic mass is 9.99. The molecule has 0 saturated carbocycles. The fourth-order valence-corrected chi connectivity index (χ4v) is 5.80. The fraction of sp³-hybridized carbons (Fsp3) is 0.360. The maximum Gasteiger partial charge on any atom is 0.243 e. The minimum Gasteiger partial charge on any atom is -0.438 e. The molecule has 3 aromatic rings. The highest BCUT2D eigenvalue weighted by atomic mass is 32.2. The summed E-state index contributed by atoms with van der Waals surface area (Å²) in [6.07, 6.45) is 2.29. The Bertz CT molecular complexity index is 1380. The number of hydrogen-bond donors (Lipinski definition) is 0. The molecule has 5 rings (SSSR count). The highest BCUT2D eigenvalue weighted by molar-refractivity contribution is 7.89. The van der Waals surface area contributed by atoms with Gasteiger partial charge in [-0.15, -0.1) is 0 Å². The normalized spacial score (nSPS) is 17.2. The van der Waals surface area contributed by atoms with E-state index in [1.54, 1.807) is 0 Å². The first-order chi connectivity index (χ1) is 17.2. The van der Waals surface area contributed by atoms with E-state index in [2.05, 4.69) is 16.8 Å². The summed E-state index contributed by atoms with van der Waals surface area (Å²) in [7, 11) is -3.92. The van der Waals surface area contributed by atoms with Gasteiger partial charge in [0, 0.05) is 38.7 Å². The number of hydrogen-bond acceptors (Lipinski definition) is 6. The van der Waals surface area contributed by atoms with E-state index in [9.17, 15) is 21.6 Å². The highest BCUT2D eigenvalue weighted by Gasteiger charge is 2.33. The first-order valence-corrected chi connectivity index (χ1v) is 13.2. The fourth-order valence-electron chi connectivity index (χ4n) is 4.39. The molecule has 0 bridgehead atoms. The zero-order chi connectivity index (χ0) is 25.4. The highest BCUT2D eigenvalue weighted by Crippen LogP contribution is 2.34. The standard InChI is InChI=1S/C25H25F3N4O3S/c1-16-8-11-31(12-9-16)25-29-23-10-13-32(36(33,34)19-5-2-17(26)3-6-19)15-20(23)24(30-25)35-18-4-7-21(27)22(28)14-18/h2-7,14,16H,8-13,15H2,1H3. The summed E-state index contributed by atoms with van der Waals surface area (Å²) in [5.41, 5.74) is 1.09. The second-order valence-corrected chi connectivity index (χ2v) is 11.1. The van der Waals surface area contributed by atoms with Gasteiger partial charge in [0.25, 0.3) is 0 Å². The molecule has 11 heteroatoms. The Morgan fingerprint density at radius 2 is 1.67 bits per heavy atom. The number of halogens is 3. The van der Waals surface area contributed by atoms with E-state index in [0.29, 0.717) is 29.5 Å². The Kier molecular flexibility index (Phi) is 6.60. The number of sulfonamides is 1. The molecule has 190 valence electrons. The molecule has 0 unspecified atom stereocenters. The van der Waals surface area contributed by atoms with Crippen LogP contribution in [0.1, 0.15) is 31.0 Å². The van der Waals surface area contributed by atoms with Crippen LogP contribution in [0.3, 0.4) is 0 Å². The van der Waals surface area contributed by atoms with E-state index in [1.807, 2.05) is 0 Å². The van der Waals surface area contributed by atoms with Gasteiger partial charge >= 0.3 is 0 Å². The number of fused-ring (bicyclic) bond motifs is 1. The predicted molar refractivity (Wildman–Crippen MR) is 127 cm³/mol. The van der Waals surface area contributed by atoms with Crippen LogP contribution in [-0.2, 0) is 23.0 Å². The van der Waals surface area contributed by atoms with Gasteiger partial charge in [0.15, 0.2) is 11.6 Å². The smallest absolute Gasteiger partial charge is 0.243 e. The maximum absolute atomic E-state index is 13.9. The number of benzene rings is 2. The van der Waals surface area contributed by atoms with E-state index >= 15 is 0 Å². The molecule has 1 saturated heterocycles. The molecule has 0 radical (unpaired) electrons. The minimum atomic E-state index is -3.92. The molecular weight excluding hydrogens is 493 g/mol. The van der Waals surface area contributed by atoms with Gasteiger partial charge in [-0.2, -0.15) is 9.29 Å². The number of nitrogens with zero attached hydrogens (tertiary/aromatic N) is 4. The summed E-state index contributed by atoms with van der Waals surface area (Å²) >= 11 is 0. The Morgan fingerprint density at radius 1 is 0.944 bits per heavy atom. The number of aromatic nitrogens is 2. The Morgan fingerprint density at radius 3 is 2.36 bits per heavy atom. The third kappa shape index (κ3) is 4.90. The van der Waals surface area contributed by atoms with Gasteiger partial charge in [0.05, 0.1) is 16.2 Å². The molecule has 1 aromatic heterocycles. The monoisotopic (exact) mass is 518 g/mol. The van der Waals surface area contributed by atoms with Gasteiger partial charge < -0.3 is 9.64 Å². The van der Waals surface area contributed by atoms with Gasteiger partial charge in [0.1, 0.15) is 11.6 Å². The molecule has 2 aliphatic rings. The lowest BCUT2D eigenvalue weighted by Crippen LogP contribution is -2.38. The predicted octanol–water partition coefficient (Wildman–Crippen LogP) is 4.67. The minimum absolute atomic E-state index is 0.0320. The molecular formula is C25H25F3N4O3S. The third-order valence-electron chi connectivity index (χ3n) is 6.60. The lowest BCUT2D eigenvalue weighted by Gasteiger charge is -2.33. The lowest BCUT2D eigenvalue weighted by molar-refractivity contribution is 0.367. The van der Waals surface area contributed by atoms with Crippen LogP contribution in [0.2, 0.25) is 0 Å². The average molecular weight is 519 g/mol.